The van der Waals surface area contributed by atoms with Crippen molar-refractivity contribution in [3.05, 3.63) is 64.4 Å². The highest BCUT2D eigenvalue weighted by molar-refractivity contribution is 7.17. The van der Waals surface area contributed by atoms with Gasteiger partial charge in [-0.2, -0.15) is 5.10 Å². The van der Waals surface area contributed by atoms with Crippen molar-refractivity contribution < 1.29 is 4.79 Å². The number of nitrogens with one attached hydrogen (secondary N) is 3. The fourth-order valence-corrected chi connectivity index (χ4v) is 2.82. The molecule has 6 nitrogen and oxygen atoms in total. The lowest BCUT2D eigenvalue weighted by atomic mass is 10.3. The first-order chi connectivity index (χ1) is 11.2. The van der Waals surface area contributed by atoms with Crippen LogP contribution in [0.4, 0.5) is 10.8 Å². The number of hydrogen-bond acceptors (Lipinski definition) is 5. The van der Waals surface area contributed by atoms with Crippen molar-refractivity contribution in [2.45, 2.75) is 0 Å². The SMILES string of the molecule is O=C(N/N=C/c1sc(Nc2ccccc2)nc1Cl)c1ccc[nH]1. The summed E-state index contributed by atoms with van der Waals surface area (Å²) >= 11 is 7.42. The number of benzene rings is 1. The van der Waals surface area contributed by atoms with Gasteiger partial charge in [-0.25, -0.2) is 10.4 Å². The summed E-state index contributed by atoms with van der Waals surface area (Å²) in [5, 5.41) is 8.02. The molecule has 0 radical (unpaired) electrons. The Hall–Kier alpha value is -2.64. The third-order valence-corrected chi connectivity index (χ3v) is 4.13. The first-order valence-corrected chi connectivity index (χ1v) is 7.87. The predicted molar refractivity (Wildman–Crippen MR) is 92.7 cm³/mol. The molecule has 2 aromatic heterocycles. The van der Waals surface area contributed by atoms with Gasteiger partial charge in [-0.05, 0) is 24.3 Å². The molecule has 3 aromatic rings. The van der Waals surface area contributed by atoms with Crippen molar-refractivity contribution in [1.82, 2.24) is 15.4 Å². The largest absolute Gasteiger partial charge is 0.357 e. The molecule has 0 saturated carbocycles. The van der Waals surface area contributed by atoms with Crippen LogP contribution in [0.2, 0.25) is 5.15 Å². The van der Waals surface area contributed by atoms with Gasteiger partial charge in [0.15, 0.2) is 10.3 Å². The van der Waals surface area contributed by atoms with Crippen LogP contribution >= 0.6 is 22.9 Å². The van der Waals surface area contributed by atoms with Crippen molar-refractivity contribution in [2.24, 2.45) is 5.10 Å². The van der Waals surface area contributed by atoms with Crippen LogP contribution in [0.3, 0.4) is 0 Å². The lowest BCUT2D eigenvalue weighted by Gasteiger charge is -1.99. The summed E-state index contributed by atoms with van der Waals surface area (Å²) in [7, 11) is 0. The summed E-state index contributed by atoms with van der Waals surface area (Å²) in [6.45, 7) is 0. The van der Waals surface area contributed by atoms with Crippen LogP contribution in [0.15, 0.2) is 53.8 Å². The molecule has 0 aliphatic heterocycles. The first kappa shape index (κ1) is 15.3. The van der Waals surface area contributed by atoms with E-state index in [-0.39, 0.29) is 5.91 Å². The van der Waals surface area contributed by atoms with Crippen molar-refractivity contribution in [1.29, 1.82) is 0 Å². The summed E-state index contributed by atoms with van der Waals surface area (Å²) in [6, 6.07) is 13.0. The topological polar surface area (TPSA) is 82.2 Å². The van der Waals surface area contributed by atoms with E-state index >= 15 is 0 Å². The number of halogens is 1. The van der Waals surface area contributed by atoms with E-state index in [2.05, 4.69) is 25.8 Å². The number of H-pyrrole nitrogens is 1. The molecule has 0 unspecified atom stereocenters. The van der Waals surface area contributed by atoms with E-state index in [1.165, 1.54) is 17.6 Å². The molecule has 1 aromatic carbocycles. The summed E-state index contributed by atoms with van der Waals surface area (Å²) in [6.07, 6.45) is 3.14. The number of aromatic nitrogens is 2. The van der Waals surface area contributed by atoms with Gasteiger partial charge in [0.2, 0.25) is 0 Å². The van der Waals surface area contributed by atoms with Crippen molar-refractivity contribution >= 4 is 45.9 Å². The number of anilines is 2. The summed E-state index contributed by atoms with van der Waals surface area (Å²) in [5.41, 5.74) is 3.77. The number of amides is 1. The Morgan fingerprint density at radius 1 is 1.26 bits per heavy atom. The Kier molecular flexibility index (Phi) is 4.70. The molecule has 1 amide bonds. The molecule has 116 valence electrons. The van der Waals surface area contributed by atoms with Crippen LogP contribution in [0.25, 0.3) is 0 Å². The monoisotopic (exact) mass is 345 g/mol. The molecule has 23 heavy (non-hydrogen) atoms. The zero-order valence-electron chi connectivity index (χ0n) is 11.8. The maximum absolute atomic E-state index is 11.7. The third kappa shape index (κ3) is 3.97. The van der Waals surface area contributed by atoms with Crippen LogP contribution in [0.5, 0.6) is 0 Å². The number of nitrogens with zero attached hydrogens (tertiary/aromatic N) is 2. The van der Waals surface area contributed by atoms with E-state index in [0.29, 0.717) is 20.9 Å². The van der Waals surface area contributed by atoms with Crippen LogP contribution in [-0.4, -0.2) is 22.1 Å². The molecule has 0 atom stereocenters. The molecule has 0 bridgehead atoms. The maximum atomic E-state index is 11.7. The van der Waals surface area contributed by atoms with Crippen molar-refractivity contribution in [2.75, 3.05) is 5.32 Å². The lowest BCUT2D eigenvalue weighted by Crippen LogP contribution is -2.17. The number of carbonyl (C=O) groups excluding carboxylic acids is 1. The molecular formula is C15H12ClN5OS. The van der Waals surface area contributed by atoms with Gasteiger partial charge in [0, 0.05) is 11.9 Å². The highest BCUT2D eigenvalue weighted by atomic mass is 35.5. The van der Waals surface area contributed by atoms with Crippen LogP contribution in [0, 0.1) is 0 Å². The van der Waals surface area contributed by atoms with Gasteiger partial charge in [0.05, 0.1) is 11.1 Å². The number of hydrogen-bond donors (Lipinski definition) is 3. The summed E-state index contributed by atoms with van der Waals surface area (Å²) < 4.78 is 0. The van der Waals surface area contributed by atoms with Gasteiger partial charge >= 0.3 is 0 Å². The molecular weight excluding hydrogens is 334 g/mol. The Morgan fingerprint density at radius 3 is 2.83 bits per heavy atom. The first-order valence-electron chi connectivity index (χ1n) is 6.67. The lowest BCUT2D eigenvalue weighted by molar-refractivity contribution is 0.0951. The number of rotatable bonds is 5. The van der Waals surface area contributed by atoms with E-state index in [9.17, 15) is 4.79 Å². The molecule has 2 heterocycles. The maximum Gasteiger partial charge on any atom is 0.287 e. The van der Waals surface area contributed by atoms with E-state index in [1.807, 2.05) is 30.3 Å². The van der Waals surface area contributed by atoms with Crippen LogP contribution < -0.4 is 10.7 Å². The number of para-hydroxylation sites is 1. The van der Waals surface area contributed by atoms with Gasteiger partial charge in [-0.15, -0.1) is 0 Å². The Balaban J connectivity index is 1.64. The smallest absolute Gasteiger partial charge is 0.287 e. The minimum absolute atomic E-state index is 0.325. The molecule has 0 saturated heterocycles. The summed E-state index contributed by atoms with van der Waals surface area (Å²) in [4.78, 5) is 19.4. The van der Waals surface area contributed by atoms with Crippen LogP contribution in [0.1, 0.15) is 15.4 Å². The van der Waals surface area contributed by atoms with Crippen LogP contribution in [-0.2, 0) is 0 Å². The van der Waals surface area contributed by atoms with Gasteiger partial charge in [-0.3, -0.25) is 4.79 Å². The Labute approximate surface area is 141 Å². The number of hydrazone groups is 1. The summed E-state index contributed by atoms with van der Waals surface area (Å²) in [5.74, 6) is -0.325. The normalized spacial score (nSPS) is 10.8. The number of aromatic amines is 1. The quantitative estimate of drug-likeness (QED) is 0.488. The predicted octanol–water partition coefficient (Wildman–Crippen LogP) is 3.63. The minimum Gasteiger partial charge on any atom is -0.357 e. The average Bonchev–Trinajstić information content (AvgIpc) is 3.19. The molecule has 0 aliphatic rings. The molecule has 0 fully saturated rings. The Morgan fingerprint density at radius 2 is 2.09 bits per heavy atom. The Bertz CT molecular complexity index is 814. The zero-order chi connectivity index (χ0) is 16.1. The molecule has 3 rings (SSSR count). The van der Waals surface area contributed by atoms with E-state index in [1.54, 1.807) is 18.3 Å². The zero-order valence-corrected chi connectivity index (χ0v) is 13.4. The standard InChI is InChI=1S/C15H12ClN5OS/c16-13-12(9-18-21-14(22)11-7-4-8-17-11)23-15(20-13)19-10-5-2-1-3-6-10/h1-9,17H,(H,19,20)(H,21,22)/b18-9+. The minimum atomic E-state index is -0.325. The highest BCUT2D eigenvalue weighted by Gasteiger charge is 2.08. The van der Waals surface area contributed by atoms with Crippen molar-refractivity contribution in [3.8, 4) is 0 Å². The molecule has 0 spiro atoms. The number of thiazole rings is 1. The second-order valence-electron chi connectivity index (χ2n) is 4.45. The second-order valence-corrected chi connectivity index (χ2v) is 5.84. The fraction of sp³-hybridized carbons (Fsp3) is 0. The average molecular weight is 346 g/mol. The van der Waals surface area contributed by atoms with Gasteiger partial charge < -0.3 is 10.3 Å². The van der Waals surface area contributed by atoms with Gasteiger partial charge in [0.1, 0.15) is 5.69 Å². The van der Waals surface area contributed by atoms with Gasteiger partial charge in [-0.1, -0.05) is 41.1 Å². The van der Waals surface area contributed by atoms with E-state index in [4.69, 9.17) is 11.6 Å². The molecule has 0 aliphatic carbocycles. The van der Waals surface area contributed by atoms with E-state index < -0.39 is 0 Å². The fourth-order valence-electron chi connectivity index (χ4n) is 1.77. The highest BCUT2D eigenvalue weighted by Crippen LogP contribution is 2.27. The molecule has 3 N–H and O–H groups in total. The van der Waals surface area contributed by atoms with E-state index in [0.717, 1.165) is 5.69 Å². The van der Waals surface area contributed by atoms with Gasteiger partial charge in [0.25, 0.3) is 5.91 Å². The second kappa shape index (κ2) is 7.08. The third-order valence-electron chi connectivity index (χ3n) is 2.83. The molecule has 8 heteroatoms. The van der Waals surface area contributed by atoms with Crippen molar-refractivity contribution in [3.63, 3.8) is 0 Å². The number of carbonyl (C=O) groups is 1.